The Morgan fingerprint density at radius 3 is 2.92 bits per heavy atom. The first kappa shape index (κ1) is 7.85. The average Bonchev–Trinajstić information content (AvgIpc) is 2.53. The van der Waals surface area contributed by atoms with E-state index >= 15 is 0 Å². The Hall–Kier alpha value is -1.78. The van der Waals surface area contributed by atoms with Crippen molar-refractivity contribution in [2.45, 2.75) is 6.92 Å². The Morgan fingerprint density at radius 2 is 2.31 bits per heavy atom. The smallest absolute Gasteiger partial charge is 0.226 e. The lowest BCUT2D eigenvalue weighted by Gasteiger charge is -1.98. The molecular weight excluding hydrogens is 171 g/mol. The van der Waals surface area contributed by atoms with Crippen LogP contribution in [0, 0.1) is 12.9 Å². The van der Waals surface area contributed by atoms with Gasteiger partial charge in [-0.3, -0.25) is 0 Å². The first-order chi connectivity index (χ1) is 6.27. The zero-order valence-corrected chi connectivity index (χ0v) is 6.98. The molecule has 0 saturated heterocycles. The largest absolute Gasteiger partial charge is 0.238 e. The Balaban J connectivity index is 2.52. The van der Waals surface area contributed by atoms with E-state index in [0.717, 1.165) is 5.69 Å². The van der Waals surface area contributed by atoms with Crippen LogP contribution in [0.3, 0.4) is 0 Å². The second-order valence-corrected chi connectivity index (χ2v) is 2.62. The number of rotatable bonds is 1. The van der Waals surface area contributed by atoms with E-state index in [0.29, 0.717) is 5.69 Å². The number of aryl methyl sites for hydroxylation is 1. The van der Waals surface area contributed by atoms with Crippen molar-refractivity contribution in [1.82, 2.24) is 20.0 Å². The van der Waals surface area contributed by atoms with E-state index in [4.69, 9.17) is 0 Å². The number of halogens is 1. The number of hydrogen-bond donors (Lipinski definition) is 0. The second kappa shape index (κ2) is 2.93. The monoisotopic (exact) mass is 178 g/mol. The molecule has 0 aliphatic carbocycles. The molecule has 0 spiro atoms. The molecule has 0 fully saturated rings. The summed E-state index contributed by atoms with van der Waals surface area (Å²) < 4.78 is 14.4. The number of pyridine rings is 1. The highest BCUT2D eigenvalue weighted by Crippen LogP contribution is 2.08. The Kier molecular flexibility index (Phi) is 1.77. The van der Waals surface area contributed by atoms with Gasteiger partial charge in [0.1, 0.15) is 5.69 Å². The van der Waals surface area contributed by atoms with Crippen LogP contribution < -0.4 is 0 Å². The lowest BCUT2D eigenvalue weighted by atomic mass is 10.4. The van der Waals surface area contributed by atoms with Crippen LogP contribution in [-0.4, -0.2) is 20.0 Å². The zero-order valence-electron chi connectivity index (χ0n) is 6.98. The van der Waals surface area contributed by atoms with E-state index in [-0.39, 0.29) is 0 Å². The van der Waals surface area contributed by atoms with Gasteiger partial charge >= 0.3 is 0 Å². The van der Waals surface area contributed by atoms with Gasteiger partial charge in [-0.05, 0) is 19.1 Å². The van der Waals surface area contributed by atoms with Crippen LogP contribution in [0.15, 0.2) is 24.5 Å². The maximum atomic E-state index is 13.1. The van der Waals surface area contributed by atoms with Crippen LogP contribution >= 0.6 is 0 Å². The number of hydrogen-bond acceptors (Lipinski definition) is 3. The maximum Gasteiger partial charge on any atom is 0.238 e. The predicted molar refractivity (Wildman–Crippen MR) is 43.8 cm³/mol. The molecule has 0 radical (unpaired) electrons. The summed E-state index contributed by atoms with van der Waals surface area (Å²) in [5.41, 5.74) is 1.05. The fourth-order valence-electron chi connectivity index (χ4n) is 1.01. The van der Waals surface area contributed by atoms with Crippen molar-refractivity contribution in [2.24, 2.45) is 0 Å². The average molecular weight is 178 g/mol. The summed E-state index contributed by atoms with van der Waals surface area (Å²) in [6, 6.07) is 3.24. The van der Waals surface area contributed by atoms with Crippen LogP contribution in [0.2, 0.25) is 0 Å². The molecule has 0 unspecified atom stereocenters. The summed E-state index contributed by atoms with van der Waals surface area (Å²) in [7, 11) is 0. The molecule has 0 aliphatic rings. The van der Waals surface area contributed by atoms with Gasteiger partial charge in [0.15, 0.2) is 0 Å². The van der Waals surface area contributed by atoms with Crippen molar-refractivity contribution in [3.8, 4) is 5.69 Å². The summed E-state index contributed by atoms with van der Waals surface area (Å²) in [5, 5.41) is 7.49. The van der Waals surface area contributed by atoms with E-state index in [1.165, 1.54) is 10.9 Å². The molecule has 0 aliphatic heterocycles. The van der Waals surface area contributed by atoms with Crippen LogP contribution in [0.25, 0.3) is 5.69 Å². The quantitative estimate of drug-likeness (QED) is 0.614. The molecule has 2 rings (SSSR count). The molecule has 0 bridgehead atoms. The van der Waals surface area contributed by atoms with Crippen molar-refractivity contribution >= 4 is 0 Å². The van der Waals surface area contributed by atoms with E-state index < -0.39 is 5.95 Å². The molecule has 2 aromatic rings. The summed E-state index contributed by atoms with van der Waals surface area (Å²) in [6.07, 6.45) is 3.03. The zero-order chi connectivity index (χ0) is 9.26. The highest BCUT2D eigenvalue weighted by molar-refractivity contribution is 5.27. The lowest BCUT2D eigenvalue weighted by molar-refractivity contribution is 0.566. The topological polar surface area (TPSA) is 43.6 Å². The van der Waals surface area contributed by atoms with Gasteiger partial charge in [-0.1, -0.05) is 5.21 Å². The van der Waals surface area contributed by atoms with Gasteiger partial charge in [0.05, 0.1) is 11.9 Å². The summed E-state index contributed by atoms with van der Waals surface area (Å²) in [5.74, 6) is -0.549. The van der Waals surface area contributed by atoms with Crippen LogP contribution in [0.1, 0.15) is 5.69 Å². The summed E-state index contributed by atoms with van der Waals surface area (Å²) in [6.45, 7) is 1.79. The predicted octanol–water partition coefficient (Wildman–Crippen LogP) is 1.11. The van der Waals surface area contributed by atoms with Gasteiger partial charge in [0.25, 0.3) is 0 Å². The Labute approximate surface area is 74.0 Å². The molecule has 0 atom stereocenters. The van der Waals surface area contributed by atoms with Crippen LogP contribution in [-0.2, 0) is 0 Å². The molecule has 0 saturated carbocycles. The normalized spacial score (nSPS) is 10.3. The van der Waals surface area contributed by atoms with Gasteiger partial charge in [-0.25, -0.2) is 9.67 Å². The summed E-state index contributed by atoms with van der Waals surface area (Å²) in [4.78, 5) is 3.51. The third-order valence-corrected chi connectivity index (χ3v) is 1.59. The van der Waals surface area contributed by atoms with E-state index in [2.05, 4.69) is 15.3 Å². The van der Waals surface area contributed by atoms with Crippen molar-refractivity contribution < 1.29 is 4.39 Å². The molecular formula is C8H7FN4. The minimum absolute atomic E-state index is 0.308. The highest BCUT2D eigenvalue weighted by atomic mass is 19.1. The van der Waals surface area contributed by atoms with Gasteiger partial charge in [0, 0.05) is 6.20 Å². The van der Waals surface area contributed by atoms with Gasteiger partial charge in [-0.2, -0.15) is 4.39 Å². The standard InChI is InChI=1S/C8H7FN4/c1-6-5-13(12-11-6)7-3-2-4-10-8(7)9/h2-5H,1H3. The minimum atomic E-state index is -0.549. The number of nitrogens with zero attached hydrogens (tertiary/aromatic N) is 4. The molecule has 5 heteroatoms. The van der Waals surface area contributed by atoms with Crippen LogP contribution in [0.5, 0.6) is 0 Å². The Morgan fingerprint density at radius 1 is 1.46 bits per heavy atom. The van der Waals surface area contributed by atoms with Crippen molar-refractivity contribution in [2.75, 3.05) is 0 Å². The minimum Gasteiger partial charge on any atom is -0.226 e. The van der Waals surface area contributed by atoms with Gasteiger partial charge < -0.3 is 0 Å². The molecule has 0 amide bonds. The van der Waals surface area contributed by atoms with E-state index in [1.54, 1.807) is 25.3 Å². The van der Waals surface area contributed by atoms with Gasteiger partial charge in [0.2, 0.25) is 5.95 Å². The molecule has 0 N–H and O–H groups in total. The van der Waals surface area contributed by atoms with E-state index in [1.807, 2.05) is 0 Å². The van der Waals surface area contributed by atoms with Crippen LogP contribution in [0.4, 0.5) is 4.39 Å². The van der Waals surface area contributed by atoms with Crippen molar-refractivity contribution in [3.63, 3.8) is 0 Å². The number of aromatic nitrogens is 4. The SMILES string of the molecule is Cc1cn(-c2cccnc2F)nn1. The van der Waals surface area contributed by atoms with Crippen molar-refractivity contribution in [1.29, 1.82) is 0 Å². The van der Waals surface area contributed by atoms with E-state index in [9.17, 15) is 4.39 Å². The Bertz CT molecular complexity index is 424. The second-order valence-electron chi connectivity index (χ2n) is 2.62. The molecule has 13 heavy (non-hydrogen) atoms. The highest BCUT2D eigenvalue weighted by Gasteiger charge is 2.05. The third-order valence-electron chi connectivity index (χ3n) is 1.59. The first-order valence-electron chi connectivity index (χ1n) is 3.77. The molecule has 4 nitrogen and oxygen atoms in total. The fraction of sp³-hybridized carbons (Fsp3) is 0.125. The summed E-state index contributed by atoms with van der Waals surface area (Å²) >= 11 is 0. The third kappa shape index (κ3) is 1.40. The van der Waals surface area contributed by atoms with Crippen molar-refractivity contribution in [3.05, 3.63) is 36.2 Å². The molecule has 66 valence electrons. The molecule has 0 aromatic carbocycles. The first-order valence-corrected chi connectivity index (χ1v) is 3.77. The molecule has 2 aromatic heterocycles. The maximum absolute atomic E-state index is 13.1. The fourth-order valence-corrected chi connectivity index (χ4v) is 1.01. The van der Waals surface area contributed by atoms with Gasteiger partial charge in [-0.15, -0.1) is 5.10 Å². The molecule has 2 heterocycles. The lowest BCUT2D eigenvalue weighted by Crippen LogP contribution is -1.99.